The molecule has 1 aliphatic carbocycles. The van der Waals surface area contributed by atoms with Crippen LogP contribution in [0, 0.1) is 11.8 Å². The van der Waals surface area contributed by atoms with Crippen LogP contribution >= 0.6 is 0 Å². The number of rotatable bonds is 2. The molecule has 0 amide bonds. The topological polar surface area (TPSA) is 40.5 Å². The van der Waals surface area contributed by atoms with E-state index in [0.717, 1.165) is 12.8 Å². The third kappa shape index (κ3) is 1.87. The minimum atomic E-state index is -0.509. The van der Waals surface area contributed by atoms with Gasteiger partial charge in [0.2, 0.25) is 0 Å². The summed E-state index contributed by atoms with van der Waals surface area (Å²) in [7, 11) is 0. The molecule has 3 atom stereocenters. The Bertz CT molecular complexity index is 173. The van der Waals surface area contributed by atoms with Crippen LogP contribution in [0.1, 0.15) is 26.7 Å². The largest absolute Gasteiger partial charge is 0.392 e. The molecular weight excluding hydrogens is 152 g/mol. The Morgan fingerprint density at radius 1 is 1.58 bits per heavy atom. The molecule has 2 heteroatoms. The third-order valence-electron chi connectivity index (χ3n) is 3.10. The SMILES string of the molecule is C[C@H]1[C@H](/C=C/CO)CC[C@@]1(C)O. The summed E-state index contributed by atoms with van der Waals surface area (Å²) in [6, 6.07) is 0. The average molecular weight is 170 g/mol. The number of aliphatic hydroxyl groups excluding tert-OH is 1. The highest BCUT2D eigenvalue weighted by Gasteiger charge is 2.39. The summed E-state index contributed by atoms with van der Waals surface area (Å²) >= 11 is 0. The summed E-state index contributed by atoms with van der Waals surface area (Å²) in [5, 5.41) is 18.4. The first-order valence-electron chi connectivity index (χ1n) is 4.58. The van der Waals surface area contributed by atoms with Crippen LogP contribution in [0.5, 0.6) is 0 Å². The summed E-state index contributed by atoms with van der Waals surface area (Å²) < 4.78 is 0. The van der Waals surface area contributed by atoms with E-state index < -0.39 is 5.60 Å². The standard InChI is InChI=1S/C10H18O2/c1-8-9(4-3-7-11)5-6-10(8,2)12/h3-4,8-9,11-12H,5-7H2,1-2H3/b4-3+/t8-,9+,10+/m0/s1. The average Bonchev–Trinajstić information content (AvgIpc) is 2.26. The molecule has 2 nitrogen and oxygen atoms in total. The highest BCUT2D eigenvalue weighted by atomic mass is 16.3. The lowest BCUT2D eigenvalue weighted by Crippen LogP contribution is -2.28. The molecule has 1 saturated carbocycles. The highest BCUT2D eigenvalue weighted by Crippen LogP contribution is 2.40. The molecule has 12 heavy (non-hydrogen) atoms. The predicted octanol–water partition coefficient (Wildman–Crippen LogP) is 1.33. The van der Waals surface area contributed by atoms with Gasteiger partial charge in [0.05, 0.1) is 12.2 Å². The van der Waals surface area contributed by atoms with E-state index in [1.807, 2.05) is 13.0 Å². The maximum atomic E-state index is 9.84. The second kappa shape index (κ2) is 3.58. The minimum absolute atomic E-state index is 0.103. The zero-order valence-corrected chi connectivity index (χ0v) is 7.83. The second-order valence-corrected chi connectivity index (χ2v) is 3.96. The monoisotopic (exact) mass is 170 g/mol. The van der Waals surface area contributed by atoms with Crippen LogP contribution < -0.4 is 0 Å². The molecule has 0 bridgehead atoms. The summed E-state index contributed by atoms with van der Waals surface area (Å²) in [5.41, 5.74) is -0.509. The number of aliphatic hydroxyl groups is 2. The van der Waals surface area contributed by atoms with E-state index in [0.29, 0.717) is 11.8 Å². The summed E-state index contributed by atoms with van der Waals surface area (Å²) in [5.74, 6) is 0.743. The third-order valence-corrected chi connectivity index (χ3v) is 3.10. The van der Waals surface area contributed by atoms with Crippen LogP contribution in [-0.2, 0) is 0 Å². The molecule has 1 fully saturated rings. The van der Waals surface area contributed by atoms with Crippen LogP contribution in [0.2, 0.25) is 0 Å². The summed E-state index contributed by atoms with van der Waals surface area (Å²) in [4.78, 5) is 0. The van der Waals surface area contributed by atoms with E-state index in [1.54, 1.807) is 6.08 Å². The van der Waals surface area contributed by atoms with Crippen molar-refractivity contribution in [1.82, 2.24) is 0 Å². The van der Waals surface area contributed by atoms with Gasteiger partial charge in [-0.05, 0) is 31.6 Å². The maximum absolute atomic E-state index is 9.84. The first-order chi connectivity index (χ1) is 5.58. The molecule has 0 spiro atoms. The van der Waals surface area contributed by atoms with Gasteiger partial charge in [-0.3, -0.25) is 0 Å². The van der Waals surface area contributed by atoms with E-state index in [1.165, 1.54) is 0 Å². The maximum Gasteiger partial charge on any atom is 0.0651 e. The van der Waals surface area contributed by atoms with Crippen molar-refractivity contribution >= 4 is 0 Å². The Hall–Kier alpha value is -0.340. The molecule has 0 aromatic rings. The van der Waals surface area contributed by atoms with Gasteiger partial charge in [0, 0.05) is 0 Å². The van der Waals surface area contributed by atoms with Crippen LogP contribution in [0.15, 0.2) is 12.2 Å². The van der Waals surface area contributed by atoms with Gasteiger partial charge in [0.1, 0.15) is 0 Å². The van der Waals surface area contributed by atoms with E-state index in [4.69, 9.17) is 5.11 Å². The lowest BCUT2D eigenvalue weighted by molar-refractivity contribution is 0.0225. The molecular formula is C10H18O2. The Morgan fingerprint density at radius 3 is 2.67 bits per heavy atom. The molecule has 0 heterocycles. The van der Waals surface area contributed by atoms with Gasteiger partial charge in [-0.25, -0.2) is 0 Å². The Labute approximate surface area is 73.9 Å². The molecule has 0 unspecified atom stereocenters. The lowest BCUT2D eigenvalue weighted by atomic mass is 9.89. The fourth-order valence-electron chi connectivity index (χ4n) is 1.90. The molecule has 0 saturated heterocycles. The van der Waals surface area contributed by atoms with Crippen molar-refractivity contribution in [2.24, 2.45) is 11.8 Å². The number of allylic oxidation sites excluding steroid dienone is 1. The molecule has 70 valence electrons. The van der Waals surface area contributed by atoms with Gasteiger partial charge in [-0.15, -0.1) is 0 Å². The van der Waals surface area contributed by atoms with Crippen molar-refractivity contribution in [3.63, 3.8) is 0 Å². The van der Waals surface area contributed by atoms with Crippen molar-refractivity contribution in [3.05, 3.63) is 12.2 Å². The zero-order valence-electron chi connectivity index (χ0n) is 7.83. The second-order valence-electron chi connectivity index (χ2n) is 3.96. The van der Waals surface area contributed by atoms with Gasteiger partial charge in [0.25, 0.3) is 0 Å². The first kappa shape index (κ1) is 9.75. The summed E-state index contributed by atoms with van der Waals surface area (Å²) in [6.45, 7) is 4.06. The quantitative estimate of drug-likeness (QED) is 0.614. The lowest BCUT2D eigenvalue weighted by Gasteiger charge is -2.24. The number of hydrogen-bond donors (Lipinski definition) is 2. The number of hydrogen-bond acceptors (Lipinski definition) is 2. The Kier molecular flexibility index (Phi) is 2.91. The zero-order chi connectivity index (χ0) is 9.19. The highest BCUT2D eigenvalue weighted by molar-refractivity contribution is 5.01. The Morgan fingerprint density at radius 2 is 2.25 bits per heavy atom. The van der Waals surface area contributed by atoms with Crippen LogP contribution in [0.4, 0.5) is 0 Å². The predicted molar refractivity (Wildman–Crippen MR) is 48.7 cm³/mol. The molecule has 1 rings (SSSR count). The molecule has 0 aromatic carbocycles. The van der Waals surface area contributed by atoms with Gasteiger partial charge in [-0.1, -0.05) is 19.1 Å². The van der Waals surface area contributed by atoms with Gasteiger partial charge >= 0.3 is 0 Å². The van der Waals surface area contributed by atoms with Crippen LogP contribution in [-0.4, -0.2) is 22.4 Å². The van der Waals surface area contributed by atoms with Crippen LogP contribution in [0.3, 0.4) is 0 Å². The fourth-order valence-corrected chi connectivity index (χ4v) is 1.90. The van der Waals surface area contributed by atoms with E-state index >= 15 is 0 Å². The molecule has 0 aromatic heterocycles. The Balaban J connectivity index is 2.55. The minimum Gasteiger partial charge on any atom is -0.392 e. The van der Waals surface area contributed by atoms with Crippen molar-refractivity contribution in [3.8, 4) is 0 Å². The molecule has 0 radical (unpaired) electrons. The smallest absolute Gasteiger partial charge is 0.0651 e. The van der Waals surface area contributed by atoms with Crippen molar-refractivity contribution < 1.29 is 10.2 Å². The van der Waals surface area contributed by atoms with Crippen molar-refractivity contribution in [1.29, 1.82) is 0 Å². The molecule has 0 aliphatic heterocycles. The molecule has 2 N–H and O–H groups in total. The van der Waals surface area contributed by atoms with E-state index in [-0.39, 0.29) is 6.61 Å². The first-order valence-corrected chi connectivity index (χ1v) is 4.58. The van der Waals surface area contributed by atoms with E-state index in [2.05, 4.69) is 6.92 Å². The van der Waals surface area contributed by atoms with Gasteiger partial charge < -0.3 is 10.2 Å². The summed E-state index contributed by atoms with van der Waals surface area (Å²) in [6.07, 6.45) is 5.69. The van der Waals surface area contributed by atoms with Crippen molar-refractivity contribution in [2.75, 3.05) is 6.61 Å². The van der Waals surface area contributed by atoms with Crippen molar-refractivity contribution in [2.45, 2.75) is 32.3 Å². The van der Waals surface area contributed by atoms with E-state index in [9.17, 15) is 5.11 Å². The van der Waals surface area contributed by atoms with Crippen LogP contribution in [0.25, 0.3) is 0 Å². The molecule has 1 aliphatic rings. The van der Waals surface area contributed by atoms with Gasteiger partial charge in [-0.2, -0.15) is 0 Å². The van der Waals surface area contributed by atoms with Gasteiger partial charge in [0.15, 0.2) is 0 Å². The normalized spacial score (nSPS) is 42.7. The fraction of sp³-hybridized carbons (Fsp3) is 0.800.